The van der Waals surface area contributed by atoms with Crippen molar-refractivity contribution in [3.05, 3.63) is 29.6 Å². The molecule has 1 fully saturated rings. The summed E-state index contributed by atoms with van der Waals surface area (Å²) >= 11 is 1.57. The molecule has 21 heavy (non-hydrogen) atoms. The number of hydrogen-bond acceptors (Lipinski definition) is 5. The molecule has 0 saturated carbocycles. The van der Waals surface area contributed by atoms with E-state index in [9.17, 15) is 14.0 Å². The van der Waals surface area contributed by atoms with Crippen LogP contribution in [0.4, 0.5) is 10.1 Å². The van der Waals surface area contributed by atoms with Gasteiger partial charge in [0, 0.05) is 23.7 Å². The number of nitrogens with two attached hydrogens (primary N) is 1. The van der Waals surface area contributed by atoms with E-state index in [1.165, 1.54) is 17.0 Å². The molecule has 0 aromatic heterocycles. The summed E-state index contributed by atoms with van der Waals surface area (Å²) in [6, 6.07) is 3.24. The maximum absolute atomic E-state index is 13.9. The fraction of sp³-hybridized carbons (Fsp3) is 0.429. The summed E-state index contributed by atoms with van der Waals surface area (Å²) in [5.74, 6) is -0.472. The summed E-state index contributed by atoms with van der Waals surface area (Å²) in [5.41, 5.74) is 5.65. The van der Waals surface area contributed by atoms with Crippen molar-refractivity contribution in [3.63, 3.8) is 0 Å². The van der Waals surface area contributed by atoms with Gasteiger partial charge in [-0.05, 0) is 25.1 Å². The van der Waals surface area contributed by atoms with E-state index in [4.69, 9.17) is 10.5 Å². The van der Waals surface area contributed by atoms with Crippen LogP contribution in [0.2, 0.25) is 0 Å². The van der Waals surface area contributed by atoms with Gasteiger partial charge in [-0.15, -0.1) is 0 Å². The first-order valence-corrected chi connectivity index (χ1v) is 7.80. The van der Waals surface area contributed by atoms with Crippen LogP contribution in [0.1, 0.15) is 17.3 Å². The van der Waals surface area contributed by atoms with E-state index < -0.39 is 23.7 Å². The van der Waals surface area contributed by atoms with Crippen LogP contribution in [0, 0.1) is 5.82 Å². The van der Waals surface area contributed by atoms with Gasteiger partial charge < -0.3 is 15.4 Å². The average molecular weight is 312 g/mol. The Hall–Kier alpha value is -1.76. The number of hydrogen-bond donors (Lipinski definition) is 1. The van der Waals surface area contributed by atoms with Crippen molar-refractivity contribution in [2.45, 2.75) is 13.0 Å². The molecule has 1 unspecified atom stereocenters. The Morgan fingerprint density at radius 1 is 1.52 bits per heavy atom. The second-order valence-corrected chi connectivity index (χ2v) is 5.73. The van der Waals surface area contributed by atoms with Crippen LogP contribution in [0.5, 0.6) is 0 Å². The standard InChI is InChI=1S/C14H17FN2O3S/c1-2-20-14(19)12-8-21-6-5-17(12)13(18)10-4-3-9(16)7-11(10)15/h3-4,7,12H,2,5-6,8,16H2,1H3. The third kappa shape index (κ3) is 3.47. The van der Waals surface area contributed by atoms with Gasteiger partial charge in [-0.1, -0.05) is 0 Å². The van der Waals surface area contributed by atoms with E-state index in [-0.39, 0.29) is 17.9 Å². The topological polar surface area (TPSA) is 72.6 Å². The first-order valence-electron chi connectivity index (χ1n) is 6.65. The molecule has 5 nitrogen and oxygen atoms in total. The number of ether oxygens (including phenoxy) is 1. The number of thioether (sulfide) groups is 1. The minimum absolute atomic E-state index is 0.0783. The predicted molar refractivity (Wildman–Crippen MR) is 79.6 cm³/mol. The first-order chi connectivity index (χ1) is 10.0. The van der Waals surface area contributed by atoms with Crippen molar-refractivity contribution >= 4 is 29.3 Å². The number of amides is 1. The van der Waals surface area contributed by atoms with Gasteiger partial charge in [0.2, 0.25) is 0 Å². The third-order valence-electron chi connectivity index (χ3n) is 3.17. The quantitative estimate of drug-likeness (QED) is 0.677. The lowest BCUT2D eigenvalue weighted by atomic mass is 10.1. The molecule has 0 radical (unpaired) electrons. The normalized spacial score (nSPS) is 18.4. The summed E-state index contributed by atoms with van der Waals surface area (Å²) < 4.78 is 18.9. The number of nitrogen functional groups attached to an aromatic ring is 1. The lowest BCUT2D eigenvalue weighted by Crippen LogP contribution is -2.51. The number of carbonyl (C=O) groups is 2. The lowest BCUT2D eigenvalue weighted by Gasteiger charge is -2.33. The van der Waals surface area contributed by atoms with Gasteiger partial charge in [0.15, 0.2) is 0 Å². The molecule has 7 heteroatoms. The van der Waals surface area contributed by atoms with Crippen LogP contribution >= 0.6 is 11.8 Å². The molecule has 2 N–H and O–H groups in total. The van der Waals surface area contributed by atoms with Crippen LogP contribution < -0.4 is 5.73 Å². The van der Waals surface area contributed by atoms with Crippen molar-refractivity contribution in [2.75, 3.05) is 30.4 Å². The fourth-order valence-electron chi connectivity index (χ4n) is 2.14. The Balaban J connectivity index is 2.24. The Labute approximate surface area is 126 Å². The summed E-state index contributed by atoms with van der Waals surface area (Å²) in [6.45, 7) is 2.34. The van der Waals surface area contributed by atoms with Gasteiger partial charge in [0.25, 0.3) is 5.91 Å². The molecular weight excluding hydrogens is 295 g/mol. The molecule has 0 aliphatic carbocycles. The highest BCUT2D eigenvalue weighted by Crippen LogP contribution is 2.22. The summed E-state index contributed by atoms with van der Waals surface area (Å²) in [5, 5.41) is 0. The fourth-order valence-corrected chi connectivity index (χ4v) is 3.17. The molecule has 1 saturated heterocycles. The Kier molecular flexibility index (Phi) is 5.06. The second-order valence-electron chi connectivity index (χ2n) is 4.58. The van der Waals surface area contributed by atoms with Crippen molar-refractivity contribution < 1.29 is 18.7 Å². The summed E-state index contributed by atoms with van der Waals surface area (Å²) in [6.07, 6.45) is 0. The first kappa shape index (κ1) is 15.6. The van der Waals surface area contributed by atoms with Crippen LogP contribution in [-0.4, -0.2) is 47.5 Å². The van der Waals surface area contributed by atoms with Crippen LogP contribution in [0.15, 0.2) is 18.2 Å². The summed E-state index contributed by atoms with van der Waals surface area (Å²) in [4.78, 5) is 25.8. The van der Waals surface area contributed by atoms with E-state index >= 15 is 0 Å². The minimum Gasteiger partial charge on any atom is -0.464 e. The predicted octanol–water partition coefficient (Wildman–Crippen LogP) is 1.53. The third-order valence-corrected chi connectivity index (χ3v) is 4.19. The van der Waals surface area contributed by atoms with Gasteiger partial charge in [-0.25, -0.2) is 9.18 Å². The number of benzene rings is 1. The van der Waals surface area contributed by atoms with Gasteiger partial charge in [-0.2, -0.15) is 11.8 Å². The highest BCUT2D eigenvalue weighted by molar-refractivity contribution is 7.99. The minimum atomic E-state index is -0.680. The largest absolute Gasteiger partial charge is 0.464 e. The zero-order valence-electron chi connectivity index (χ0n) is 11.7. The molecule has 1 aromatic carbocycles. The molecule has 1 amide bonds. The number of anilines is 1. The van der Waals surface area contributed by atoms with E-state index in [2.05, 4.69) is 0 Å². The van der Waals surface area contributed by atoms with Gasteiger partial charge >= 0.3 is 5.97 Å². The van der Waals surface area contributed by atoms with Crippen LogP contribution in [0.3, 0.4) is 0 Å². The Morgan fingerprint density at radius 2 is 2.29 bits per heavy atom. The van der Waals surface area contributed by atoms with Crippen LogP contribution in [0.25, 0.3) is 0 Å². The monoisotopic (exact) mass is 312 g/mol. The molecule has 114 valence electrons. The molecule has 1 aliphatic rings. The maximum atomic E-state index is 13.9. The maximum Gasteiger partial charge on any atom is 0.329 e. The number of nitrogens with zero attached hydrogens (tertiary/aromatic N) is 1. The van der Waals surface area contributed by atoms with Crippen molar-refractivity contribution in [1.82, 2.24) is 4.90 Å². The molecule has 1 aliphatic heterocycles. The molecule has 1 aromatic rings. The van der Waals surface area contributed by atoms with Crippen molar-refractivity contribution in [2.24, 2.45) is 0 Å². The zero-order valence-corrected chi connectivity index (χ0v) is 12.5. The van der Waals surface area contributed by atoms with Gasteiger partial charge in [0.05, 0.1) is 12.2 Å². The number of halogens is 1. The average Bonchev–Trinajstić information content (AvgIpc) is 2.47. The van der Waals surface area contributed by atoms with Gasteiger partial charge in [0.1, 0.15) is 11.9 Å². The van der Waals surface area contributed by atoms with Crippen molar-refractivity contribution in [3.8, 4) is 0 Å². The molecule has 2 rings (SSSR count). The number of carbonyl (C=O) groups excluding carboxylic acids is 2. The summed E-state index contributed by atoms with van der Waals surface area (Å²) in [7, 11) is 0. The van der Waals surface area contributed by atoms with E-state index in [0.717, 1.165) is 6.07 Å². The SMILES string of the molecule is CCOC(=O)C1CSCCN1C(=O)c1ccc(N)cc1F. The van der Waals surface area contributed by atoms with E-state index in [0.29, 0.717) is 18.1 Å². The molecule has 0 bridgehead atoms. The smallest absolute Gasteiger partial charge is 0.329 e. The van der Waals surface area contributed by atoms with Crippen molar-refractivity contribution in [1.29, 1.82) is 0 Å². The second kappa shape index (κ2) is 6.80. The molecular formula is C14H17FN2O3S. The molecule has 0 spiro atoms. The lowest BCUT2D eigenvalue weighted by molar-refractivity contribution is -0.147. The zero-order chi connectivity index (χ0) is 15.4. The number of esters is 1. The highest BCUT2D eigenvalue weighted by atomic mass is 32.2. The molecule has 1 heterocycles. The highest BCUT2D eigenvalue weighted by Gasteiger charge is 2.34. The number of rotatable bonds is 3. The Bertz CT molecular complexity index is 553. The van der Waals surface area contributed by atoms with Gasteiger partial charge in [-0.3, -0.25) is 4.79 Å². The molecule has 1 atom stereocenters. The Morgan fingerprint density at radius 3 is 2.95 bits per heavy atom. The van der Waals surface area contributed by atoms with Crippen LogP contribution in [-0.2, 0) is 9.53 Å². The van der Waals surface area contributed by atoms with E-state index in [1.54, 1.807) is 18.7 Å². The van der Waals surface area contributed by atoms with E-state index in [1.807, 2.05) is 0 Å².